The molecule has 1 heterocycles. The number of halogens is 3. The van der Waals surface area contributed by atoms with Crippen molar-refractivity contribution in [3.8, 4) is 17.1 Å². The highest BCUT2D eigenvalue weighted by molar-refractivity contribution is 9.10. The van der Waals surface area contributed by atoms with Crippen LogP contribution in [-0.4, -0.2) is 26.8 Å². The molecule has 0 radical (unpaired) electrons. The quantitative estimate of drug-likeness (QED) is 0.0443. The standard InChI is InChI=1S/C30H17BrCl2N4O5/c31-20-8-13-27(42-28(38)14-7-18-5-10-22(11-6-18)37(40)41)19(15-20)17-34-36-29(23-12-9-21(32)16-25(23)33)35-26-4-2-1-3-24(26)30(36)39/h1-17H/b14-7+,34-17?. The second kappa shape index (κ2) is 12.5. The number of nitro groups is 1. The molecule has 0 bridgehead atoms. The summed E-state index contributed by atoms with van der Waals surface area (Å²) in [5.41, 5.74) is 1.37. The van der Waals surface area contributed by atoms with Crippen molar-refractivity contribution in [1.82, 2.24) is 9.66 Å². The van der Waals surface area contributed by atoms with E-state index in [1.165, 1.54) is 42.6 Å². The van der Waals surface area contributed by atoms with Crippen LogP contribution in [0.1, 0.15) is 11.1 Å². The average Bonchev–Trinajstić information content (AvgIpc) is 2.97. The number of nitro benzene ring substituents is 1. The molecule has 5 aromatic rings. The number of carbonyl (C=O) groups is 1. The molecular weight excluding hydrogens is 647 g/mol. The number of esters is 1. The predicted molar refractivity (Wildman–Crippen MR) is 166 cm³/mol. The van der Waals surface area contributed by atoms with E-state index in [1.807, 2.05) is 0 Å². The van der Waals surface area contributed by atoms with Crippen molar-refractivity contribution < 1.29 is 14.5 Å². The maximum Gasteiger partial charge on any atom is 0.336 e. The molecule has 0 aliphatic carbocycles. The van der Waals surface area contributed by atoms with Crippen LogP contribution in [0.15, 0.2) is 105 Å². The summed E-state index contributed by atoms with van der Waals surface area (Å²) in [6.45, 7) is 0. The van der Waals surface area contributed by atoms with Gasteiger partial charge in [0.1, 0.15) is 5.75 Å². The molecule has 12 heteroatoms. The number of benzene rings is 4. The summed E-state index contributed by atoms with van der Waals surface area (Å²) in [5.74, 6) is -0.326. The maximum atomic E-state index is 13.5. The zero-order chi connectivity index (χ0) is 29.8. The molecule has 0 aliphatic heterocycles. The van der Waals surface area contributed by atoms with Gasteiger partial charge in [-0.2, -0.15) is 9.78 Å². The van der Waals surface area contributed by atoms with Crippen LogP contribution >= 0.6 is 39.1 Å². The van der Waals surface area contributed by atoms with E-state index in [9.17, 15) is 19.7 Å². The van der Waals surface area contributed by atoms with Gasteiger partial charge in [-0.05, 0) is 72.3 Å². The molecule has 5 rings (SSSR count). The number of carbonyl (C=O) groups excluding carboxylic acids is 1. The van der Waals surface area contributed by atoms with Gasteiger partial charge in [-0.15, -0.1) is 0 Å². The van der Waals surface area contributed by atoms with Crippen molar-refractivity contribution in [2.45, 2.75) is 0 Å². The van der Waals surface area contributed by atoms with Gasteiger partial charge in [-0.1, -0.05) is 51.3 Å². The Balaban J connectivity index is 1.50. The SMILES string of the molecule is O=C(/C=C/c1ccc([N+](=O)[O-])cc1)Oc1ccc(Br)cc1C=Nn1c(-c2ccc(Cl)cc2Cl)nc2ccccc2c1=O. The van der Waals surface area contributed by atoms with Crippen molar-refractivity contribution in [2.75, 3.05) is 0 Å². The Hall–Kier alpha value is -4.64. The largest absolute Gasteiger partial charge is 0.423 e. The molecule has 0 unspecified atom stereocenters. The van der Waals surface area contributed by atoms with Crippen LogP contribution in [0, 0.1) is 10.1 Å². The molecule has 0 fully saturated rings. The summed E-state index contributed by atoms with van der Waals surface area (Å²) >= 11 is 16.0. The van der Waals surface area contributed by atoms with E-state index in [2.05, 4.69) is 26.0 Å². The lowest BCUT2D eigenvalue weighted by molar-refractivity contribution is -0.384. The third kappa shape index (κ3) is 6.46. The minimum absolute atomic E-state index is 0.0595. The lowest BCUT2D eigenvalue weighted by Crippen LogP contribution is -2.20. The topological polar surface area (TPSA) is 117 Å². The molecule has 42 heavy (non-hydrogen) atoms. The fraction of sp³-hybridized carbons (Fsp3) is 0. The number of para-hydroxylation sites is 1. The van der Waals surface area contributed by atoms with Crippen molar-refractivity contribution in [2.24, 2.45) is 5.10 Å². The van der Waals surface area contributed by atoms with Crippen LogP contribution in [0.3, 0.4) is 0 Å². The zero-order valence-corrected chi connectivity index (χ0v) is 24.4. The minimum Gasteiger partial charge on any atom is -0.423 e. The van der Waals surface area contributed by atoms with Crippen LogP contribution in [0.2, 0.25) is 10.0 Å². The van der Waals surface area contributed by atoms with Crippen LogP contribution < -0.4 is 10.3 Å². The second-order valence-electron chi connectivity index (χ2n) is 8.72. The van der Waals surface area contributed by atoms with E-state index in [1.54, 1.807) is 60.7 Å². The monoisotopic (exact) mass is 662 g/mol. The number of ether oxygens (including phenoxy) is 1. The number of aromatic nitrogens is 2. The molecular formula is C30H17BrCl2N4O5. The molecule has 0 aliphatic rings. The molecule has 1 aromatic heterocycles. The Bertz CT molecular complexity index is 1970. The van der Waals surface area contributed by atoms with Gasteiger partial charge in [0, 0.05) is 38.8 Å². The molecule has 0 amide bonds. The van der Waals surface area contributed by atoms with E-state index in [-0.39, 0.29) is 22.3 Å². The first-order chi connectivity index (χ1) is 20.2. The van der Waals surface area contributed by atoms with Crippen molar-refractivity contribution in [3.05, 3.63) is 137 Å². The van der Waals surface area contributed by atoms with Gasteiger partial charge in [-0.3, -0.25) is 14.9 Å². The zero-order valence-electron chi connectivity index (χ0n) is 21.3. The Morgan fingerprint density at radius 1 is 1.02 bits per heavy atom. The van der Waals surface area contributed by atoms with Gasteiger partial charge in [0.25, 0.3) is 11.2 Å². The first kappa shape index (κ1) is 28.9. The normalized spacial score (nSPS) is 11.4. The third-order valence-corrected chi connectivity index (χ3v) is 6.98. The summed E-state index contributed by atoms with van der Waals surface area (Å²) in [5, 5.41) is 16.3. The minimum atomic E-state index is -0.691. The van der Waals surface area contributed by atoms with Crippen LogP contribution in [-0.2, 0) is 4.79 Å². The first-order valence-electron chi connectivity index (χ1n) is 12.1. The Morgan fingerprint density at radius 3 is 2.52 bits per heavy atom. The number of hydrogen-bond acceptors (Lipinski definition) is 7. The lowest BCUT2D eigenvalue weighted by atomic mass is 10.2. The molecule has 0 saturated heterocycles. The number of rotatable bonds is 7. The van der Waals surface area contributed by atoms with Gasteiger partial charge < -0.3 is 4.74 Å². The van der Waals surface area contributed by atoms with E-state index in [0.29, 0.717) is 37.1 Å². The Kier molecular flexibility index (Phi) is 8.58. The van der Waals surface area contributed by atoms with Gasteiger partial charge in [-0.25, -0.2) is 9.78 Å². The highest BCUT2D eigenvalue weighted by Gasteiger charge is 2.16. The number of non-ortho nitro benzene ring substituents is 1. The van der Waals surface area contributed by atoms with Gasteiger partial charge in [0.15, 0.2) is 5.82 Å². The van der Waals surface area contributed by atoms with E-state index in [0.717, 1.165) is 4.68 Å². The fourth-order valence-electron chi connectivity index (χ4n) is 3.92. The molecule has 0 spiro atoms. The highest BCUT2D eigenvalue weighted by Crippen LogP contribution is 2.30. The molecule has 0 N–H and O–H groups in total. The molecule has 208 valence electrons. The van der Waals surface area contributed by atoms with Crippen LogP contribution in [0.4, 0.5) is 5.69 Å². The van der Waals surface area contributed by atoms with E-state index in [4.69, 9.17) is 27.9 Å². The maximum absolute atomic E-state index is 13.5. The molecule has 0 saturated carbocycles. The fourth-order valence-corrected chi connectivity index (χ4v) is 4.79. The van der Waals surface area contributed by atoms with E-state index < -0.39 is 16.5 Å². The molecule has 0 atom stereocenters. The van der Waals surface area contributed by atoms with Crippen molar-refractivity contribution >= 4 is 74.0 Å². The van der Waals surface area contributed by atoms with Crippen LogP contribution in [0.25, 0.3) is 28.4 Å². The number of fused-ring (bicyclic) bond motifs is 1. The summed E-state index contributed by atoms with van der Waals surface area (Å²) < 4.78 is 7.33. The summed E-state index contributed by atoms with van der Waals surface area (Å²) in [7, 11) is 0. The Labute approximate surface area is 256 Å². The summed E-state index contributed by atoms with van der Waals surface area (Å²) in [6, 6.07) is 22.3. The van der Waals surface area contributed by atoms with Crippen molar-refractivity contribution in [1.29, 1.82) is 0 Å². The van der Waals surface area contributed by atoms with Gasteiger partial charge in [0.2, 0.25) is 0 Å². The number of hydrogen-bond donors (Lipinski definition) is 0. The highest BCUT2D eigenvalue weighted by atomic mass is 79.9. The average molecular weight is 664 g/mol. The second-order valence-corrected chi connectivity index (χ2v) is 10.5. The molecule has 4 aromatic carbocycles. The first-order valence-corrected chi connectivity index (χ1v) is 13.7. The lowest BCUT2D eigenvalue weighted by Gasteiger charge is -2.11. The summed E-state index contributed by atoms with van der Waals surface area (Å²) in [6.07, 6.45) is 4.04. The predicted octanol–water partition coefficient (Wildman–Crippen LogP) is 7.54. The van der Waals surface area contributed by atoms with Crippen LogP contribution in [0.5, 0.6) is 5.75 Å². The van der Waals surface area contributed by atoms with E-state index >= 15 is 0 Å². The number of nitrogens with zero attached hydrogens (tertiary/aromatic N) is 4. The smallest absolute Gasteiger partial charge is 0.336 e. The Morgan fingerprint density at radius 2 is 1.79 bits per heavy atom. The van der Waals surface area contributed by atoms with Crippen molar-refractivity contribution in [3.63, 3.8) is 0 Å². The van der Waals surface area contributed by atoms with Gasteiger partial charge >= 0.3 is 5.97 Å². The summed E-state index contributed by atoms with van der Waals surface area (Å²) in [4.78, 5) is 41.1. The van der Waals surface area contributed by atoms with Gasteiger partial charge in [0.05, 0.1) is 27.1 Å². The third-order valence-electron chi connectivity index (χ3n) is 5.94. The molecule has 9 nitrogen and oxygen atoms in total.